The maximum atomic E-state index is 14.1. The minimum atomic E-state index is -1.41. The summed E-state index contributed by atoms with van der Waals surface area (Å²) >= 11 is 5.94. The smallest absolute Gasteiger partial charge is 0.246 e. The summed E-state index contributed by atoms with van der Waals surface area (Å²) in [5, 5.41) is 21.8. The van der Waals surface area contributed by atoms with Crippen molar-refractivity contribution < 1.29 is 23.8 Å². The molecule has 2 aromatic rings. The number of likely N-dealkylation sites (tertiary alicyclic amines) is 1. The highest BCUT2D eigenvalue weighted by Crippen LogP contribution is 2.37. The quantitative estimate of drug-likeness (QED) is 0.126. The molecule has 9 nitrogen and oxygen atoms in total. The van der Waals surface area contributed by atoms with Crippen molar-refractivity contribution in [2.45, 2.75) is 25.6 Å². The maximum Gasteiger partial charge on any atom is 0.246 e. The Bertz CT molecular complexity index is 1130. The normalized spacial score (nSPS) is 13.7. The second-order valence-electron chi connectivity index (χ2n) is 8.25. The molecule has 0 saturated carbocycles. The van der Waals surface area contributed by atoms with Crippen LogP contribution >= 0.6 is 11.6 Å². The van der Waals surface area contributed by atoms with Crippen molar-refractivity contribution in [2.24, 2.45) is 5.84 Å². The lowest BCUT2D eigenvalue weighted by molar-refractivity contribution is -0.134. The average Bonchev–Trinajstić information content (AvgIpc) is 2.76. The second-order valence-corrected chi connectivity index (χ2v) is 8.66. The van der Waals surface area contributed by atoms with Crippen molar-refractivity contribution in [1.29, 1.82) is 5.41 Å². The molecule has 34 heavy (non-hydrogen) atoms. The van der Waals surface area contributed by atoms with Crippen molar-refractivity contribution in [2.75, 3.05) is 30.9 Å². The number of anilines is 2. The first-order chi connectivity index (χ1) is 16.0. The third-order valence-electron chi connectivity index (χ3n) is 5.34. The van der Waals surface area contributed by atoms with Gasteiger partial charge in [-0.3, -0.25) is 16.0 Å². The molecule has 2 aromatic carbocycles. The minimum Gasteiger partial charge on any atom is -0.493 e. The third-order valence-corrected chi connectivity index (χ3v) is 5.63. The molecule has 1 aliphatic rings. The largest absolute Gasteiger partial charge is 0.493 e. The monoisotopic (exact) mass is 491 g/mol. The standard InChI is InChI=1S/C23H27ClFN5O4/c1-5-21(31)30-10-12(11-30)34-20-6-13(17(29-27)9-19(20)33-4)22(26)28-18-8-15(24)16(25)7-14(18)23(2,3)32/h5-9,12,29,32H,1,10-11,27H2,2-4H3,(H2,26,28). The van der Waals surface area contributed by atoms with E-state index in [0.717, 1.165) is 6.07 Å². The van der Waals surface area contributed by atoms with E-state index in [-0.39, 0.29) is 34.1 Å². The minimum absolute atomic E-state index is 0.120. The van der Waals surface area contributed by atoms with Gasteiger partial charge in [0.2, 0.25) is 5.91 Å². The molecule has 0 spiro atoms. The molecule has 0 aromatic heterocycles. The number of amides is 1. The Morgan fingerprint density at radius 2 is 2.00 bits per heavy atom. The Balaban J connectivity index is 1.91. The molecule has 1 amide bonds. The van der Waals surface area contributed by atoms with Gasteiger partial charge in [0.25, 0.3) is 0 Å². The van der Waals surface area contributed by atoms with Crippen LogP contribution in [0.15, 0.2) is 36.9 Å². The molecule has 0 unspecified atom stereocenters. The van der Waals surface area contributed by atoms with Gasteiger partial charge in [0.1, 0.15) is 17.8 Å². The summed E-state index contributed by atoms with van der Waals surface area (Å²) in [7, 11) is 1.47. The molecule has 0 radical (unpaired) electrons. The van der Waals surface area contributed by atoms with E-state index in [2.05, 4.69) is 17.3 Å². The fraction of sp³-hybridized carbons (Fsp3) is 0.304. The van der Waals surface area contributed by atoms with Crippen LogP contribution in [0.1, 0.15) is 25.0 Å². The van der Waals surface area contributed by atoms with Gasteiger partial charge in [-0.25, -0.2) is 4.39 Å². The number of rotatable bonds is 8. The Morgan fingerprint density at radius 1 is 1.32 bits per heavy atom. The van der Waals surface area contributed by atoms with Gasteiger partial charge >= 0.3 is 0 Å². The van der Waals surface area contributed by atoms with Gasteiger partial charge in [-0.2, -0.15) is 0 Å². The van der Waals surface area contributed by atoms with Crippen LogP contribution in [0.3, 0.4) is 0 Å². The number of hydrazine groups is 1. The summed E-state index contributed by atoms with van der Waals surface area (Å²) in [6.45, 7) is 7.24. The van der Waals surface area contributed by atoms with E-state index in [1.165, 1.54) is 33.1 Å². The van der Waals surface area contributed by atoms with Crippen LogP contribution in [0.5, 0.6) is 11.5 Å². The van der Waals surface area contributed by atoms with Crippen LogP contribution in [-0.2, 0) is 10.4 Å². The van der Waals surface area contributed by atoms with Gasteiger partial charge in [-0.15, -0.1) is 0 Å². The average molecular weight is 492 g/mol. The third kappa shape index (κ3) is 5.24. The first kappa shape index (κ1) is 25.3. The van der Waals surface area contributed by atoms with E-state index in [1.807, 2.05) is 0 Å². The van der Waals surface area contributed by atoms with Crippen molar-refractivity contribution in [3.63, 3.8) is 0 Å². The molecule has 0 atom stereocenters. The van der Waals surface area contributed by atoms with Gasteiger partial charge in [-0.1, -0.05) is 18.2 Å². The molecule has 1 heterocycles. The number of carbonyl (C=O) groups is 1. The highest BCUT2D eigenvalue weighted by atomic mass is 35.5. The highest BCUT2D eigenvalue weighted by molar-refractivity contribution is 6.31. The molecule has 1 fully saturated rings. The molecule has 6 N–H and O–H groups in total. The first-order valence-corrected chi connectivity index (χ1v) is 10.7. The lowest BCUT2D eigenvalue weighted by Crippen LogP contribution is -2.55. The number of aliphatic hydroxyl groups is 1. The Hall–Kier alpha value is -3.34. The zero-order valence-electron chi connectivity index (χ0n) is 19.0. The van der Waals surface area contributed by atoms with E-state index >= 15 is 0 Å². The number of benzene rings is 2. The van der Waals surface area contributed by atoms with Gasteiger partial charge in [-0.05, 0) is 38.1 Å². The number of methoxy groups -OCH3 is 1. The van der Waals surface area contributed by atoms with Crippen LogP contribution < -0.4 is 26.1 Å². The number of nitrogens with one attached hydrogen (secondary N) is 3. The molecule has 1 saturated heterocycles. The molecule has 0 bridgehead atoms. The van der Waals surface area contributed by atoms with E-state index in [9.17, 15) is 14.3 Å². The zero-order chi connectivity index (χ0) is 25.2. The lowest BCUT2D eigenvalue weighted by atomic mass is 9.96. The number of nitrogens with two attached hydrogens (primary N) is 1. The molecular formula is C23H27ClFN5O4. The number of hydrogen-bond donors (Lipinski definition) is 5. The molecule has 1 aliphatic heterocycles. The van der Waals surface area contributed by atoms with Crippen molar-refractivity contribution in [3.8, 4) is 11.5 Å². The van der Waals surface area contributed by atoms with Crippen LogP contribution in [0, 0.1) is 11.2 Å². The van der Waals surface area contributed by atoms with Crippen LogP contribution in [-0.4, -0.2) is 48.1 Å². The molecule has 182 valence electrons. The number of carbonyl (C=O) groups excluding carboxylic acids is 1. The van der Waals surface area contributed by atoms with Crippen molar-refractivity contribution in [1.82, 2.24) is 4.90 Å². The summed E-state index contributed by atoms with van der Waals surface area (Å²) < 4.78 is 25.4. The Morgan fingerprint density at radius 3 is 2.56 bits per heavy atom. The second kappa shape index (κ2) is 9.88. The number of hydrogen-bond acceptors (Lipinski definition) is 7. The SMILES string of the molecule is C=CC(=O)N1CC(Oc2cc(C(=N)Nc3cc(Cl)c(F)cc3C(C)(C)O)c(NN)cc2OC)C1. The summed E-state index contributed by atoms with van der Waals surface area (Å²) in [5.41, 5.74) is 2.26. The van der Waals surface area contributed by atoms with Gasteiger partial charge in [0.05, 0.1) is 36.5 Å². The van der Waals surface area contributed by atoms with E-state index < -0.39 is 11.4 Å². The van der Waals surface area contributed by atoms with Crippen LogP contribution in [0.4, 0.5) is 15.8 Å². The van der Waals surface area contributed by atoms with Crippen molar-refractivity contribution in [3.05, 3.63) is 58.9 Å². The highest BCUT2D eigenvalue weighted by Gasteiger charge is 2.32. The summed E-state index contributed by atoms with van der Waals surface area (Å²) in [5.74, 6) is 5.40. The summed E-state index contributed by atoms with van der Waals surface area (Å²) in [4.78, 5) is 13.3. The van der Waals surface area contributed by atoms with Crippen LogP contribution in [0.25, 0.3) is 0 Å². The first-order valence-electron chi connectivity index (χ1n) is 10.3. The zero-order valence-corrected chi connectivity index (χ0v) is 19.8. The van der Waals surface area contributed by atoms with E-state index in [0.29, 0.717) is 35.8 Å². The number of amidine groups is 1. The number of ether oxygens (including phenoxy) is 2. The van der Waals surface area contributed by atoms with Crippen molar-refractivity contribution >= 4 is 34.7 Å². The molecule has 3 rings (SSSR count). The van der Waals surface area contributed by atoms with E-state index in [1.54, 1.807) is 17.0 Å². The summed E-state index contributed by atoms with van der Waals surface area (Å²) in [6, 6.07) is 5.56. The topological polar surface area (TPSA) is 133 Å². The fourth-order valence-corrected chi connectivity index (χ4v) is 3.66. The molecular weight excluding hydrogens is 465 g/mol. The number of halogens is 2. The Labute approximate surface area is 201 Å². The Kier molecular flexibility index (Phi) is 7.35. The number of nitrogen functional groups attached to an aromatic ring is 1. The summed E-state index contributed by atoms with van der Waals surface area (Å²) in [6.07, 6.45) is 0.981. The molecule has 0 aliphatic carbocycles. The van der Waals surface area contributed by atoms with Gasteiger partial charge < -0.3 is 30.2 Å². The predicted octanol–water partition coefficient (Wildman–Crippen LogP) is 3.21. The van der Waals surface area contributed by atoms with Gasteiger partial charge in [0, 0.05) is 22.9 Å². The lowest BCUT2D eigenvalue weighted by Gasteiger charge is -2.38. The predicted molar refractivity (Wildman–Crippen MR) is 129 cm³/mol. The fourth-order valence-electron chi connectivity index (χ4n) is 3.50. The molecule has 11 heteroatoms. The van der Waals surface area contributed by atoms with Gasteiger partial charge in [0.15, 0.2) is 11.5 Å². The van der Waals surface area contributed by atoms with E-state index in [4.69, 9.17) is 32.3 Å². The number of nitrogens with zero attached hydrogens (tertiary/aromatic N) is 1. The maximum absolute atomic E-state index is 14.1. The van der Waals surface area contributed by atoms with Crippen LogP contribution in [0.2, 0.25) is 5.02 Å².